The van der Waals surface area contributed by atoms with Gasteiger partial charge in [0, 0.05) is 18.7 Å². The first-order valence-corrected chi connectivity index (χ1v) is 11.5. The molecule has 1 fully saturated rings. The Morgan fingerprint density at radius 3 is 2.45 bits per heavy atom. The minimum Gasteiger partial charge on any atom is -0.492 e. The number of piperidine rings is 1. The van der Waals surface area contributed by atoms with E-state index < -0.39 is 10.1 Å². The average Bonchev–Trinajstić information content (AvgIpc) is 2.73. The Balaban J connectivity index is 0.00000341. The summed E-state index contributed by atoms with van der Waals surface area (Å²) in [6.07, 6.45) is 2.27. The Labute approximate surface area is 194 Å². The van der Waals surface area contributed by atoms with Crippen molar-refractivity contribution in [3.8, 4) is 11.5 Å². The van der Waals surface area contributed by atoms with Crippen molar-refractivity contribution < 1.29 is 17.3 Å². The summed E-state index contributed by atoms with van der Waals surface area (Å²) in [6.45, 7) is 3.32. The molecule has 3 N–H and O–H groups in total. The molecule has 10 heteroatoms. The van der Waals surface area contributed by atoms with Crippen molar-refractivity contribution in [3.05, 3.63) is 52.5 Å². The SMILES string of the molecule is CCc1cc(OS(=O)(=O)c2ccccc2Cl)c(OC)c(C2CCN(C(=N)N)CC2)c1.Cl. The van der Waals surface area contributed by atoms with Crippen LogP contribution in [0.4, 0.5) is 0 Å². The Morgan fingerprint density at radius 1 is 1.26 bits per heavy atom. The molecule has 0 amide bonds. The van der Waals surface area contributed by atoms with Crippen LogP contribution < -0.4 is 14.7 Å². The van der Waals surface area contributed by atoms with Crippen molar-refractivity contribution in [2.45, 2.75) is 37.0 Å². The first-order chi connectivity index (χ1) is 14.3. The molecule has 2 aromatic carbocycles. The molecule has 1 aliphatic heterocycles. The number of nitrogens with zero attached hydrogens (tertiary/aromatic N) is 1. The highest BCUT2D eigenvalue weighted by Crippen LogP contribution is 2.42. The van der Waals surface area contributed by atoms with Gasteiger partial charge < -0.3 is 19.6 Å². The highest BCUT2D eigenvalue weighted by atomic mass is 35.5. The standard InChI is InChI=1S/C21H26ClN3O4S.ClH/c1-3-14-12-16(15-8-10-25(11-9-15)21(23)24)20(28-2)18(13-14)29-30(26,27)19-7-5-4-6-17(19)22;/h4-7,12-13,15H,3,8-11H2,1-2H3,(H3,23,24);1H. The van der Waals surface area contributed by atoms with E-state index >= 15 is 0 Å². The van der Waals surface area contributed by atoms with Gasteiger partial charge in [0.15, 0.2) is 17.5 Å². The molecular formula is C21H27Cl2N3O4S. The fraction of sp³-hybridized carbons (Fsp3) is 0.381. The summed E-state index contributed by atoms with van der Waals surface area (Å²) in [4.78, 5) is 1.73. The lowest BCUT2D eigenvalue weighted by atomic mass is 9.87. The van der Waals surface area contributed by atoms with E-state index in [4.69, 9.17) is 31.7 Å². The maximum atomic E-state index is 12.9. The Hall–Kier alpha value is -2.16. The summed E-state index contributed by atoms with van der Waals surface area (Å²) in [5.74, 6) is 0.773. The number of halogens is 2. The zero-order valence-corrected chi connectivity index (χ0v) is 19.8. The molecule has 0 bridgehead atoms. The molecule has 170 valence electrons. The third kappa shape index (κ3) is 5.56. The van der Waals surface area contributed by atoms with Crippen molar-refractivity contribution in [1.29, 1.82) is 5.41 Å². The molecule has 3 rings (SSSR count). The van der Waals surface area contributed by atoms with Crippen molar-refractivity contribution in [2.24, 2.45) is 5.73 Å². The molecule has 31 heavy (non-hydrogen) atoms. The fourth-order valence-electron chi connectivity index (χ4n) is 3.71. The lowest BCUT2D eigenvalue weighted by Gasteiger charge is -2.33. The van der Waals surface area contributed by atoms with E-state index in [0.717, 1.165) is 24.0 Å². The lowest BCUT2D eigenvalue weighted by Crippen LogP contribution is -2.41. The second-order valence-electron chi connectivity index (χ2n) is 7.18. The molecule has 0 aromatic heterocycles. The quantitative estimate of drug-likeness (QED) is 0.359. The first-order valence-electron chi connectivity index (χ1n) is 9.75. The van der Waals surface area contributed by atoms with Gasteiger partial charge >= 0.3 is 10.1 Å². The molecule has 0 atom stereocenters. The number of hydrogen-bond donors (Lipinski definition) is 2. The van der Waals surface area contributed by atoms with Crippen LogP contribution in [0.1, 0.15) is 36.8 Å². The van der Waals surface area contributed by atoms with Crippen LogP contribution in [0.15, 0.2) is 41.3 Å². The van der Waals surface area contributed by atoms with Crippen LogP contribution in [-0.4, -0.2) is 39.5 Å². The highest BCUT2D eigenvalue weighted by molar-refractivity contribution is 7.87. The van der Waals surface area contributed by atoms with Crippen LogP contribution in [0, 0.1) is 5.41 Å². The van der Waals surface area contributed by atoms with Gasteiger partial charge in [-0.05, 0) is 48.9 Å². The number of nitrogens with two attached hydrogens (primary N) is 1. The van der Waals surface area contributed by atoms with Gasteiger partial charge in [-0.1, -0.05) is 36.7 Å². The maximum Gasteiger partial charge on any atom is 0.340 e. The van der Waals surface area contributed by atoms with E-state index in [2.05, 4.69) is 0 Å². The van der Waals surface area contributed by atoms with Gasteiger partial charge in [0.05, 0.1) is 12.1 Å². The minimum absolute atomic E-state index is 0. The zero-order valence-electron chi connectivity index (χ0n) is 17.4. The average molecular weight is 488 g/mol. The zero-order chi connectivity index (χ0) is 21.9. The number of methoxy groups -OCH3 is 1. The van der Waals surface area contributed by atoms with Gasteiger partial charge in [-0.15, -0.1) is 12.4 Å². The molecule has 0 unspecified atom stereocenters. The normalized spacial score (nSPS) is 14.6. The monoisotopic (exact) mass is 487 g/mol. The largest absolute Gasteiger partial charge is 0.492 e. The second kappa shape index (κ2) is 10.4. The molecule has 2 aromatic rings. The summed E-state index contributed by atoms with van der Waals surface area (Å²) in [7, 11) is -2.63. The number of ether oxygens (including phenoxy) is 1. The molecule has 0 saturated carbocycles. The summed E-state index contributed by atoms with van der Waals surface area (Å²) < 4.78 is 36.9. The lowest BCUT2D eigenvalue weighted by molar-refractivity contribution is 0.301. The molecule has 1 aliphatic rings. The number of nitrogens with one attached hydrogen (secondary N) is 1. The molecule has 7 nitrogen and oxygen atoms in total. The number of guanidine groups is 1. The minimum atomic E-state index is -4.13. The van der Waals surface area contributed by atoms with E-state index in [0.29, 0.717) is 25.3 Å². The first kappa shape index (κ1) is 25.1. The van der Waals surface area contributed by atoms with E-state index in [9.17, 15) is 8.42 Å². The topological polar surface area (TPSA) is 106 Å². The summed E-state index contributed by atoms with van der Waals surface area (Å²) in [6, 6.07) is 9.91. The highest BCUT2D eigenvalue weighted by Gasteiger charge is 2.28. The van der Waals surface area contributed by atoms with Crippen molar-refractivity contribution in [2.75, 3.05) is 20.2 Å². The van der Waals surface area contributed by atoms with E-state index in [1.807, 2.05) is 17.9 Å². The van der Waals surface area contributed by atoms with Crippen LogP contribution >= 0.6 is 24.0 Å². The van der Waals surface area contributed by atoms with Crippen LogP contribution in [0.2, 0.25) is 5.02 Å². The molecule has 0 aliphatic carbocycles. The van der Waals surface area contributed by atoms with Gasteiger partial charge in [0.1, 0.15) is 4.90 Å². The number of likely N-dealkylation sites (tertiary alicyclic amines) is 1. The smallest absolute Gasteiger partial charge is 0.340 e. The van der Waals surface area contributed by atoms with Crippen LogP contribution in [-0.2, 0) is 16.5 Å². The number of aryl methyl sites for hydroxylation is 1. The van der Waals surface area contributed by atoms with Crippen molar-refractivity contribution in [3.63, 3.8) is 0 Å². The van der Waals surface area contributed by atoms with Crippen molar-refractivity contribution >= 4 is 40.1 Å². The Morgan fingerprint density at radius 2 is 1.90 bits per heavy atom. The summed E-state index contributed by atoms with van der Waals surface area (Å²) in [5, 5.41) is 7.71. The van der Waals surface area contributed by atoms with Gasteiger partial charge in [0.2, 0.25) is 0 Å². The summed E-state index contributed by atoms with van der Waals surface area (Å²) in [5.41, 5.74) is 7.46. The molecule has 0 radical (unpaired) electrons. The molecular weight excluding hydrogens is 461 g/mol. The van der Waals surface area contributed by atoms with E-state index in [1.165, 1.54) is 19.2 Å². The molecule has 1 heterocycles. The van der Waals surface area contributed by atoms with Gasteiger partial charge in [-0.2, -0.15) is 8.42 Å². The number of rotatable bonds is 6. The van der Waals surface area contributed by atoms with Gasteiger partial charge in [-0.3, -0.25) is 5.41 Å². The predicted molar refractivity (Wildman–Crippen MR) is 124 cm³/mol. The van der Waals surface area contributed by atoms with Crippen LogP contribution in [0.25, 0.3) is 0 Å². The second-order valence-corrected chi connectivity index (χ2v) is 9.11. The molecule has 1 saturated heterocycles. The van der Waals surface area contributed by atoms with Gasteiger partial charge in [-0.25, -0.2) is 0 Å². The summed E-state index contributed by atoms with van der Waals surface area (Å²) >= 11 is 6.08. The van der Waals surface area contributed by atoms with Gasteiger partial charge in [0.25, 0.3) is 0 Å². The van der Waals surface area contributed by atoms with Crippen molar-refractivity contribution in [1.82, 2.24) is 4.90 Å². The third-order valence-corrected chi connectivity index (χ3v) is 7.07. The molecule has 0 spiro atoms. The number of benzene rings is 2. The van der Waals surface area contributed by atoms with E-state index in [1.54, 1.807) is 18.2 Å². The van der Waals surface area contributed by atoms with Crippen LogP contribution in [0.3, 0.4) is 0 Å². The number of hydrogen-bond acceptors (Lipinski definition) is 5. The maximum absolute atomic E-state index is 12.9. The predicted octanol–water partition coefficient (Wildman–Crippen LogP) is 4.17. The Bertz CT molecular complexity index is 1040. The van der Waals surface area contributed by atoms with E-state index in [-0.39, 0.29) is 40.0 Å². The van der Waals surface area contributed by atoms with Crippen LogP contribution in [0.5, 0.6) is 11.5 Å². The Kier molecular flexibility index (Phi) is 8.45. The third-order valence-electron chi connectivity index (χ3n) is 5.34. The fourth-order valence-corrected chi connectivity index (χ4v) is 5.13.